The van der Waals surface area contributed by atoms with Gasteiger partial charge in [-0.25, -0.2) is 0 Å². The van der Waals surface area contributed by atoms with E-state index in [0.29, 0.717) is 0 Å². The summed E-state index contributed by atoms with van der Waals surface area (Å²) in [5.41, 5.74) is 5.23. The first-order chi connectivity index (χ1) is 10.0. The number of fused-ring (bicyclic) bond motifs is 1. The van der Waals surface area contributed by atoms with Crippen molar-refractivity contribution in [2.24, 2.45) is 0 Å². The maximum absolute atomic E-state index is 10.9. The van der Waals surface area contributed by atoms with Crippen LogP contribution in [0.1, 0.15) is 22.5 Å². The third-order valence-corrected chi connectivity index (χ3v) is 3.81. The van der Waals surface area contributed by atoms with Crippen LogP contribution in [0.5, 0.6) is 0 Å². The van der Waals surface area contributed by atoms with Crippen molar-refractivity contribution in [1.82, 2.24) is 14.8 Å². The fraction of sp³-hybridized carbons (Fsp3) is 0.250. The van der Waals surface area contributed by atoms with E-state index in [-0.39, 0.29) is 6.54 Å². The molecule has 0 unspecified atom stereocenters. The topological polar surface area (TPSA) is 70.9 Å². The highest BCUT2D eigenvalue weighted by Gasteiger charge is 2.14. The SMILES string of the molecule is Cc1nn(CC(=O)O)c(C)c1Cc1ccc2[nH]ccc2c1. The molecule has 0 fully saturated rings. The number of nitrogens with zero attached hydrogens (tertiary/aromatic N) is 2. The molecular formula is C16H17N3O2. The molecule has 2 aromatic heterocycles. The summed E-state index contributed by atoms with van der Waals surface area (Å²) in [5, 5.41) is 14.4. The maximum Gasteiger partial charge on any atom is 0.325 e. The lowest BCUT2D eigenvalue weighted by Crippen LogP contribution is -2.11. The summed E-state index contributed by atoms with van der Waals surface area (Å²) in [6, 6.07) is 8.36. The molecule has 0 aliphatic carbocycles. The Morgan fingerprint density at radius 1 is 1.33 bits per heavy atom. The molecule has 2 heterocycles. The smallest absolute Gasteiger partial charge is 0.325 e. The van der Waals surface area contributed by atoms with Crippen LogP contribution in [0.4, 0.5) is 0 Å². The Morgan fingerprint density at radius 3 is 2.90 bits per heavy atom. The lowest BCUT2D eigenvalue weighted by molar-refractivity contribution is -0.137. The Hall–Kier alpha value is -2.56. The highest BCUT2D eigenvalue weighted by atomic mass is 16.4. The van der Waals surface area contributed by atoms with Crippen LogP contribution in [0, 0.1) is 13.8 Å². The molecule has 1 aromatic carbocycles. The minimum absolute atomic E-state index is 0.0937. The average molecular weight is 283 g/mol. The van der Waals surface area contributed by atoms with E-state index in [2.05, 4.69) is 28.3 Å². The fourth-order valence-corrected chi connectivity index (χ4v) is 2.69. The van der Waals surface area contributed by atoms with Gasteiger partial charge in [-0.05, 0) is 43.0 Å². The summed E-state index contributed by atoms with van der Waals surface area (Å²) >= 11 is 0. The van der Waals surface area contributed by atoms with E-state index in [1.807, 2.05) is 26.1 Å². The number of benzene rings is 1. The van der Waals surface area contributed by atoms with Gasteiger partial charge in [0.05, 0.1) is 5.69 Å². The molecule has 21 heavy (non-hydrogen) atoms. The Kier molecular flexibility index (Phi) is 3.25. The summed E-state index contributed by atoms with van der Waals surface area (Å²) < 4.78 is 1.56. The third-order valence-electron chi connectivity index (χ3n) is 3.81. The molecule has 0 aliphatic heterocycles. The lowest BCUT2D eigenvalue weighted by Gasteiger charge is -2.04. The van der Waals surface area contributed by atoms with Gasteiger partial charge in [-0.1, -0.05) is 6.07 Å². The van der Waals surface area contributed by atoms with Gasteiger partial charge in [0.2, 0.25) is 0 Å². The van der Waals surface area contributed by atoms with Gasteiger partial charge in [-0.2, -0.15) is 5.10 Å². The standard InChI is InChI=1S/C16H17N3O2/c1-10-14(11(2)19(18-10)9-16(20)21)8-12-3-4-15-13(7-12)5-6-17-15/h3-7,17H,8-9H2,1-2H3,(H,20,21). The van der Waals surface area contributed by atoms with Gasteiger partial charge in [-0.15, -0.1) is 0 Å². The van der Waals surface area contributed by atoms with Crippen molar-refractivity contribution in [3.05, 3.63) is 53.0 Å². The van der Waals surface area contributed by atoms with Crippen LogP contribution in [-0.2, 0) is 17.8 Å². The zero-order valence-corrected chi connectivity index (χ0v) is 12.1. The van der Waals surface area contributed by atoms with Gasteiger partial charge in [0.1, 0.15) is 6.54 Å². The van der Waals surface area contributed by atoms with E-state index in [1.165, 1.54) is 10.9 Å². The van der Waals surface area contributed by atoms with Crippen LogP contribution in [0.15, 0.2) is 30.5 Å². The molecule has 5 heteroatoms. The van der Waals surface area contributed by atoms with Crippen LogP contribution in [0.3, 0.4) is 0 Å². The first-order valence-corrected chi connectivity index (χ1v) is 6.85. The molecule has 0 saturated carbocycles. The van der Waals surface area contributed by atoms with Crippen LogP contribution in [0.25, 0.3) is 10.9 Å². The van der Waals surface area contributed by atoms with Crippen LogP contribution < -0.4 is 0 Å². The van der Waals surface area contributed by atoms with E-state index in [4.69, 9.17) is 5.11 Å². The molecule has 0 aliphatic rings. The Balaban J connectivity index is 1.93. The van der Waals surface area contributed by atoms with Crippen molar-refractivity contribution < 1.29 is 9.90 Å². The number of carboxylic acids is 1. The predicted molar refractivity (Wildman–Crippen MR) is 80.4 cm³/mol. The largest absolute Gasteiger partial charge is 0.480 e. The molecule has 3 rings (SSSR count). The van der Waals surface area contributed by atoms with E-state index in [9.17, 15) is 4.79 Å². The maximum atomic E-state index is 10.9. The molecular weight excluding hydrogens is 266 g/mol. The zero-order chi connectivity index (χ0) is 15.0. The molecule has 108 valence electrons. The van der Waals surface area contributed by atoms with Crippen molar-refractivity contribution in [3.8, 4) is 0 Å². The number of aromatic nitrogens is 3. The van der Waals surface area contributed by atoms with Crippen LogP contribution in [0.2, 0.25) is 0 Å². The minimum atomic E-state index is -0.874. The van der Waals surface area contributed by atoms with Gasteiger partial charge in [-0.3, -0.25) is 9.48 Å². The molecule has 0 spiro atoms. The number of nitrogens with one attached hydrogen (secondary N) is 1. The van der Waals surface area contributed by atoms with Gasteiger partial charge < -0.3 is 10.1 Å². The number of carbonyl (C=O) groups is 1. The number of aromatic amines is 1. The molecule has 0 bridgehead atoms. The summed E-state index contributed by atoms with van der Waals surface area (Å²) in [5.74, 6) is -0.874. The van der Waals surface area contributed by atoms with Gasteiger partial charge in [0.15, 0.2) is 0 Å². The number of H-pyrrole nitrogens is 1. The van der Waals surface area contributed by atoms with E-state index in [1.54, 1.807) is 4.68 Å². The summed E-state index contributed by atoms with van der Waals surface area (Å²) in [7, 11) is 0. The summed E-state index contributed by atoms with van der Waals surface area (Å²) in [4.78, 5) is 14.0. The minimum Gasteiger partial charge on any atom is -0.480 e. The van der Waals surface area contributed by atoms with Gasteiger partial charge in [0, 0.05) is 29.4 Å². The fourth-order valence-electron chi connectivity index (χ4n) is 2.69. The van der Waals surface area contributed by atoms with Crippen molar-refractivity contribution in [3.63, 3.8) is 0 Å². The van der Waals surface area contributed by atoms with Gasteiger partial charge in [0.25, 0.3) is 0 Å². The van der Waals surface area contributed by atoms with Crippen LogP contribution >= 0.6 is 0 Å². The van der Waals surface area contributed by atoms with Crippen molar-refractivity contribution in [1.29, 1.82) is 0 Å². The average Bonchev–Trinajstić information content (AvgIpc) is 2.98. The second kappa shape index (κ2) is 5.09. The zero-order valence-electron chi connectivity index (χ0n) is 12.1. The lowest BCUT2D eigenvalue weighted by atomic mass is 10.0. The van der Waals surface area contributed by atoms with E-state index >= 15 is 0 Å². The van der Waals surface area contributed by atoms with Crippen LogP contribution in [-0.4, -0.2) is 25.8 Å². The van der Waals surface area contributed by atoms with Crippen molar-refractivity contribution in [2.45, 2.75) is 26.8 Å². The first-order valence-electron chi connectivity index (χ1n) is 6.85. The van der Waals surface area contributed by atoms with E-state index < -0.39 is 5.97 Å². The normalized spacial score (nSPS) is 11.1. The molecule has 5 nitrogen and oxygen atoms in total. The molecule has 0 amide bonds. The number of aryl methyl sites for hydroxylation is 1. The Morgan fingerprint density at radius 2 is 2.14 bits per heavy atom. The number of rotatable bonds is 4. The highest BCUT2D eigenvalue weighted by molar-refractivity contribution is 5.80. The summed E-state index contributed by atoms with van der Waals surface area (Å²) in [6.07, 6.45) is 2.69. The quantitative estimate of drug-likeness (QED) is 0.773. The third kappa shape index (κ3) is 2.54. The van der Waals surface area contributed by atoms with Crippen molar-refractivity contribution >= 4 is 16.9 Å². The molecule has 0 saturated heterocycles. The first kappa shape index (κ1) is 13.4. The molecule has 2 N–H and O–H groups in total. The second-order valence-corrected chi connectivity index (χ2v) is 5.28. The Labute approximate surface area is 122 Å². The molecule has 0 atom stereocenters. The highest BCUT2D eigenvalue weighted by Crippen LogP contribution is 2.21. The number of hydrogen-bond acceptors (Lipinski definition) is 2. The summed E-state index contributed by atoms with van der Waals surface area (Å²) in [6.45, 7) is 3.76. The van der Waals surface area contributed by atoms with Crippen molar-refractivity contribution in [2.75, 3.05) is 0 Å². The molecule has 3 aromatic rings. The number of aliphatic carboxylic acids is 1. The molecule has 0 radical (unpaired) electrons. The van der Waals surface area contributed by atoms with E-state index in [0.717, 1.165) is 28.9 Å². The monoisotopic (exact) mass is 283 g/mol. The second-order valence-electron chi connectivity index (χ2n) is 5.28. The van der Waals surface area contributed by atoms with Gasteiger partial charge >= 0.3 is 5.97 Å². The Bertz CT molecular complexity index is 814. The number of hydrogen-bond donors (Lipinski definition) is 2. The predicted octanol–water partition coefficient (Wildman–Crippen LogP) is 2.66. The number of carboxylic acid groups (broad SMARTS) is 1.